The van der Waals surface area contributed by atoms with Crippen molar-refractivity contribution in [2.24, 2.45) is 0 Å². The Morgan fingerprint density at radius 1 is 1.00 bits per heavy atom. The van der Waals surface area contributed by atoms with Crippen molar-refractivity contribution in [1.29, 1.82) is 0 Å². The Balaban J connectivity index is 2.09. The van der Waals surface area contributed by atoms with Gasteiger partial charge in [-0.15, -0.1) is 0 Å². The molecule has 28 heavy (non-hydrogen) atoms. The zero-order valence-electron chi connectivity index (χ0n) is 15.8. The molecule has 0 unspecified atom stereocenters. The number of hydrogen-bond acceptors (Lipinski definition) is 4. The highest BCUT2D eigenvalue weighted by molar-refractivity contribution is 7.74. The van der Waals surface area contributed by atoms with Crippen LogP contribution in [0.5, 0.6) is 0 Å². The van der Waals surface area contributed by atoms with Gasteiger partial charge in [-0.1, -0.05) is 24.3 Å². The number of aryl methyl sites for hydroxylation is 2. The first-order valence-electron chi connectivity index (χ1n) is 8.70. The second-order valence-corrected chi connectivity index (χ2v) is 7.41. The van der Waals surface area contributed by atoms with Crippen molar-refractivity contribution in [3.05, 3.63) is 72.1 Å². The molecule has 1 N–H and O–H groups in total. The fourth-order valence-electron chi connectivity index (χ4n) is 2.97. The van der Waals surface area contributed by atoms with E-state index in [4.69, 9.17) is 0 Å². The van der Waals surface area contributed by atoms with Crippen LogP contribution >= 0.6 is 0 Å². The van der Waals surface area contributed by atoms with E-state index in [0.29, 0.717) is 17.1 Å². The standard InChI is InChI=1S/C21H21N3O3S/c1-14-5-4-6-20(9-14)24(28(26)27)21-11-17(8-7-15(21)2)18-10-19(13-22-12-18)23-16(3)25/h4-13,28H,1-3H3,(H,23,25). The van der Waals surface area contributed by atoms with Gasteiger partial charge < -0.3 is 5.32 Å². The lowest BCUT2D eigenvalue weighted by atomic mass is 10.0. The number of hydrogen-bond donors (Lipinski definition) is 2. The molecule has 0 aliphatic carbocycles. The molecule has 3 aromatic rings. The predicted molar refractivity (Wildman–Crippen MR) is 112 cm³/mol. The molecule has 0 radical (unpaired) electrons. The number of anilines is 3. The summed E-state index contributed by atoms with van der Waals surface area (Å²) in [5.41, 5.74) is 5.12. The molecule has 2 aromatic carbocycles. The average molecular weight is 395 g/mol. The molecule has 0 bridgehead atoms. The van der Waals surface area contributed by atoms with Crippen molar-refractivity contribution >= 4 is 33.9 Å². The molecule has 0 atom stereocenters. The monoisotopic (exact) mass is 395 g/mol. The zero-order valence-corrected chi connectivity index (χ0v) is 16.7. The highest BCUT2D eigenvalue weighted by Gasteiger charge is 2.16. The zero-order chi connectivity index (χ0) is 20.3. The summed E-state index contributed by atoms with van der Waals surface area (Å²) in [5, 5.41) is 2.71. The van der Waals surface area contributed by atoms with Crippen molar-refractivity contribution in [2.45, 2.75) is 20.8 Å². The van der Waals surface area contributed by atoms with E-state index in [2.05, 4.69) is 10.3 Å². The highest BCUT2D eigenvalue weighted by Crippen LogP contribution is 2.33. The van der Waals surface area contributed by atoms with E-state index < -0.39 is 10.9 Å². The second kappa shape index (κ2) is 8.22. The van der Waals surface area contributed by atoms with Crippen LogP contribution in [-0.4, -0.2) is 19.3 Å². The van der Waals surface area contributed by atoms with Crippen LogP contribution in [0.1, 0.15) is 18.1 Å². The number of benzene rings is 2. The van der Waals surface area contributed by atoms with E-state index in [0.717, 1.165) is 22.3 Å². The molecule has 0 saturated carbocycles. The van der Waals surface area contributed by atoms with E-state index in [1.807, 2.05) is 50.2 Å². The SMILES string of the molecule is CC(=O)Nc1cncc(-c2ccc(C)c(N(c3cccc(C)c3)[SH](=O)=O)c2)c1. The number of nitrogens with zero attached hydrogens (tertiary/aromatic N) is 2. The lowest BCUT2D eigenvalue weighted by Crippen LogP contribution is -2.15. The van der Waals surface area contributed by atoms with E-state index in [9.17, 15) is 13.2 Å². The Kier molecular flexibility index (Phi) is 5.75. The number of rotatable bonds is 5. The number of pyridine rings is 1. The molecular weight excluding hydrogens is 374 g/mol. The van der Waals surface area contributed by atoms with Crippen molar-refractivity contribution in [2.75, 3.05) is 9.62 Å². The van der Waals surface area contributed by atoms with Crippen LogP contribution in [0.3, 0.4) is 0 Å². The number of aromatic nitrogens is 1. The third-order valence-corrected chi connectivity index (χ3v) is 5.01. The van der Waals surface area contributed by atoms with Crippen LogP contribution in [0, 0.1) is 13.8 Å². The van der Waals surface area contributed by atoms with Gasteiger partial charge >= 0.3 is 0 Å². The number of carbonyl (C=O) groups is 1. The van der Waals surface area contributed by atoms with E-state index >= 15 is 0 Å². The summed E-state index contributed by atoms with van der Waals surface area (Å²) in [6.45, 7) is 5.22. The lowest BCUT2D eigenvalue weighted by molar-refractivity contribution is -0.114. The van der Waals surface area contributed by atoms with Gasteiger partial charge in [0.15, 0.2) is 0 Å². The van der Waals surface area contributed by atoms with Crippen molar-refractivity contribution < 1.29 is 13.2 Å². The number of nitrogens with one attached hydrogen (secondary N) is 1. The number of amides is 1. The Labute approximate surface area is 165 Å². The molecule has 1 heterocycles. The fraction of sp³-hybridized carbons (Fsp3) is 0.143. The number of thiol groups is 1. The average Bonchev–Trinajstić information content (AvgIpc) is 2.63. The molecule has 7 heteroatoms. The highest BCUT2D eigenvalue weighted by atomic mass is 32.2. The van der Waals surface area contributed by atoms with Crippen molar-refractivity contribution in [3.63, 3.8) is 0 Å². The molecule has 0 saturated heterocycles. The molecule has 144 valence electrons. The first-order valence-corrected chi connectivity index (χ1v) is 9.83. The Bertz CT molecular complexity index is 1100. The third kappa shape index (κ3) is 4.37. The van der Waals surface area contributed by atoms with Crippen LogP contribution in [0.4, 0.5) is 17.1 Å². The van der Waals surface area contributed by atoms with Gasteiger partial charge in [-0.05, 0) is 54.8 Å². The van der Waals surface area contributed by atoms with Gasteiger partial charge in [0, 0.05) is 18.7 Å². The quantitative estimate of drug-likeness (QED) is 0.640. The van der Waals surface area contributed by atoms with E-state index in [-0.39, 0.29) is 5.91 Å². The minimum atomic E-state index is -2.88. The van der Waals surface area contributed by atoms with Crippen LogP contribution in [0.2, 0.25) is 0 Å². The summed E-state index contributed by atoms with van der Waals surface area (Å²) in [6, 6.07) is 14.7. The maximum Gasteiger partial charge on any atom is 0.229 e. The predicted octanol–water partition coefficient (Wildman–Crippen LogP) is 3.99. The molecule has 1 amide bonds. The van der Waals surface area contributed by atoms with Crippen LogP contribution in [0.15, 0.2) is 60.9 Å². The van der Waals surface area contributed by atoms with Gasteiger partial charge in [0.05, 0.1) is 23.3 Å². The van der Waals surface area contributed by atoms with Gasteiger partial charge in [0.1, 0.15) is 0 Å². The van der Waals surface area contributed by atoms with E-state index in [1.165, 1.54) is 11.2 Å². The summed E-state index contributed by atoms with van der Waals surface area (Å²) in [5.74, 6) is -0.183. The summed E-state index contributed by atoms with van der Waals surface area (Å²) >= 11 is 0. The van der Waals surface area contributed by atoms with Gasteiger partial charge in [-0.2, -0.15) is 0 Å². The minimum absolute atomic E-state index is 0.183. The van der Waals surface area contributed by atoms with Gasteiger partial charge in [0.2, 0.25) is 16.8 Å². The molecule has 6 nitrogen and oxygen atoms in total. The molecule has 1 aromatic heterocycles. The topological polar surface area (TPSA) is 79.4 Å². The largest absolute Gasteiger partial charge is 0.325 e. The van der Waals surface area contributed by atoms with Crippen LogP contribution in [0.25, 0.3) is 11.1 Å². The van der Waals surface area contributed by atoms with Gasteiger partial charge in [0.25, 0.3) is 0 Å². The second-order valence-electron chi connectivity index (χ2n) is 6.53. The maximum atomic E-state index is 12.1. The van der Waals surface area contributed by atoms with Crippen LogP contribution in [-0.2, 0) is 15.7 Å². The molecule has 0 fully saturated rings. The Morgan fingerprint density at radius 3 is 2.46 bits per heavy atom. The smallest absolute Gasteiger partial charge is 0.229 e. The Morgan fingerprint density at radius 2 is 1.79 bits per heavy atom. The fourth-order valence-corrected chi connectivity index (χ4v) is 3.67. The summed E-state index contributed by atoms with van der Waals surface area (Å²) in [7, 11) is -2.88. The normalized spacial score (nSPS) is 10.7. The first kappa shape index (κ1) is 19.6. The van der Waals surface area contributed by atoms with Crippen LogP contribution < -0.4 is 9.62 Å². The van der Waals surface area contributed by atoms with Crippen molar-refractivity contribution in [1.82, 2.24) is 4.98 Å². The van der Waals surface area contributed by atoms with E-state index in [1.54, 1.807) is 24.5 Å². The molecule has 0 aliphatic heterocycles. The summed E-state index contributed by atoms with van der Waals surface area (Å²) < 4.78 is 25.5. The third-order valence-electron chi connectivity index (χ3n) is 4.24. The first-order chi connectivity index (χ1) is 13.3. The van der Waals surface area contributed by atoms with Gasteiger partial charge in [-0.25, -0.2) is 12.7 Å². The molecule has 0 aliphatic rings. The Hall–Kier alpha value is -3.19. The molecular formula is C21H21N3O3S. The van der Waals surface area contributed by atoms with Crippen molar-refractivity contribution in [3.8, 4) is 11.1 Å². The minimum Gasteiger partial charge on any atom is -0.325 e. The summed E-state index contributed by atoms with van der Waals surface area (Å²) in [4.78, 5) is 15.5. The molecule has 3 rings (SSSR count). The molecule has 0 spiro atoms. The summed E-state index contributed by atoms with van der Waals surface area (Å²) in [6.07, 6.45) is 3.24. The maximum absolute atomic E-state index is 12.1. The number of carbonyl (C=O) groups excluding carboxylic acids is 1. The van der Waals surface area contributed by atoms with Gasteiger partial charge in [-0.3, -0.25) is 9.78 Å². The lowest BCUT2D eigenvalue weighted by Gasteiger charge is -2.21.